The fourth-order valence-corrected chi connectivity index (χ4v) is 20.6. The summed E-state index contributed by atoms with van der Waals surface area (Å²) in [7, 11) is -0.950. The highest BCUT2D eigenvalue weighted by molar-refractivity contribution is 7.89. The van der Waals surface area contributed by atoms with Crippen LogP contribution < -0.4 is 0 Å². The molecule has 0 unspecified atom stereocenters. The monoisotopic (exact) mass is 1790 g/mol. The number of carbonyl (C=O) groups is 3. The van der Waals surface area contributed by atoms with Gasteiger partial charge < -0.3 is 23.7 Å². The van der Waals surface area contributed by atoms with Crippen molar-refractivity contribution in [2.75, 3.05) is 0 Å². The zero-order valence-corrected chi connectivity index (χ0v) is 74.2. The van der Waals surface area contributed by atoms with Gasteiger partial charge >= 0.3 is 0 Å². The quantitative estimate of drug-likeness (QED) is 0.0874. The average molecular weight is 1790 g/mol. The second kappa shape index (κ2) is 36.7. The molecule has 18 aromatic rings. The highest BCUT2D eigenvalue weighted by Crippen LogP contribution is 2.37. The molecule has 11 aromatic carbocycles. The number of carbonyl (C=O) groups excluding carboxylic acids is 3. The van der Waals surface area contributed by atoms with Crippen molar-refractivity contribution < 1.29 is 44.4 Å². The van der Waals surface area contributed by atoms with E-state index >= 15 is 0 Å². The Hall–Kier alpha value is -15.4. The third kappa shape index (κ3) is 18.1. The predicted octanol–water partition coefficient (Wildman–Crippen LogP) is 19.6. The van der Waals surface area contributed by atoms with Crippen molar-refractivity contribution in [2.24, 2.45) is 21.1 Å². The van der Waals surface area contributed by atoms with Crippen LogP contribution in [0.5, 0.6) is 0 Å². The molecule has 23 rings (SSSR count). The van der Waals surface area contributed by atoms with E-state index in [0.717, 1.165) is 134 Å². The van der Waals surface area contributed by atoms with E-state index in [9.17, 15) is 40.0 Å². The molecule has 0 fully saturated rings. The normalized spacial score (nSPS) is 14.3. The van der Waals surface area contributed by atoms with Crippen molar-refractivity contribution in [3.8, 4) is 44.8 Å². The first-order valence-electron chi connectivity index (χ1n) is 43.1. The van der Waals surface area contributed by atoms with Crippen LogP contribution in [0, 0.1) is 18.6 Å². The van der Waals surface area contributed by atoms with Crippen LogP contribution in [0.4, 0.5) is 8.78 Å². The Labute approximate surface area is 761 Å². The van der Waals surface area contributed by atoms with Gasteiger partial charge in [-0.1, -0.05) is 188 Å². The maximum absolute atomic E-state index is 14.8. The summed E-state index contributed by atoms with van der Waals surface area (Å²) in [4.78, 5) is 60.2. The minimum absolute atomic E-state index is 0.0594. The van der Waals surface area contributed by atoms with Crippen LogP contribution >= 0.6 is 0 Å². The first-order chi connectivity index (χ1) is 64.0. The summed E-state index contributed by atoms with van der Waals surface area (Å²) in [6.07, 6.45) is 13.4. The van der Waals surface area contributed by atoms with Crippen LogP contribution in [0.2, 0.25) is 0 Å². The number of hydrogen-bond donors (Lipinski definition) is 0. The number of aryl methyl sites for hydroxylation is 4. The summed E-state index contributed by atoms with van der Waals surface area (Å²) < 4.78 is 94.3. The Morgan fingerprint density at radius 1 is 0.386 bits per heavy atom. The van der Waals surface area contributed by atoms with E-state index in [2.05, 4.69) is 101 Å². The number of rotatable bonds is 16. The van der Waals surface area contributed by atoms with Crippen LogP contribution in [-0.4, -0.2) is 102 Å². The van der Waals surface area contributed by atoms with Crippen LogP contribution in [-0.2, 0) is 113 Å². The Bertz CT molecular complexity index is 7700. The molecule has 12 heterocycles. The lowest BCUT2D eigenvalue weighted by atomic mass is 10.0. The summed E-state index contributed by atoms with van der Waals surface area (Å²) in [6, 6.07) is 90.8. The largest absolute Gasteiger partial charge is 0.441 e. The lowest BCUT2D eigenvalue weighted by molar-refractivity contribution is 0.0754. The van der Waals surface area contributed by atoms with Crippen molar-refractivity contribution in [3.63, 3.8) is 0 Å². The summed E-state index contributed by atoms with van der Waals surface area (Å²) in [5.74, 6) is 0.468. The van der Waals surface area contributed by atoms with Crippen molar-refractivity contribution in [1.82, 2.24) is 67.4 Å². The summed E-state index contributed by atoms with van der Waals surface area (Å²) >= 11 is 0. The number of amides is 3. The number of fused-ring (bicyclic) bond motifs is 8. The molecule has 0 N–H and O–H groups in total. The van der Waals surface area contributed by atoms with Crippen LogP contribution in [0.1, 0.15) is 104 Å². The molecule has 7 aromatic heterocycles. The van der Waals surface area contributed by atoms with E-state index in [4.69, 9.17) is 4.42 Å². The second-order valence-corrected chi connectivity index (χ2v) is 37.2. The molecule has 656 valence electrons. The Kier molecular flexibility index (Phi) is 23.9. The number of sulfonamides is 2. The number of pyridine rings is 3. The minimum Gasteiger partial charge on any atom is -0.441 e. The number of aromatic nitrogens is 9. The maximum atomic E-state index is 14.8. The molecule has 0 saturated carbocycles. The van der Waals surface area contributed by atoms with Crippen molar-refractivity contribution in [3.05, 3.63) is 430 Å². The molecule has 0 spiro atoms. The van der Waals surface area contributed by atoms with E-state index in [-0.39, 0.29) is 42.4 Å². The van der Waals surface area contributed by atoms with Gasteiger partial charge in [0.1, 0.15) is 28.8 Å². The fraction of sp³-hybridized carbons (Fsp3) is 0.142. The topological polar surface area (TPSA) is 241 Å². The molecule has 0 radical (unpaired) electrons. The molecule has 0 atom stereocenters. The van der Waals surface area contributed by atoms with E-state index < -0.39 is 20.0 Å². The van der Waals surface area contributed by atoms with Gasteiger partial charge in [0.15, 0.2) is 0 Å². The average Bonchev–Trinajstić information content (AvgIpc) is 1.62. The molecule has 132 heavy (non-hydrogen) atoms. The highest BCUT2D eigenvalue weighted by Gasteiger charge is 2.37. The summed E-state index contributed by atoms with van der Waals surface area (Å²) in [6.45, 7) is 6.02. The lowest BCUT2D eigenvalue weighted by Gasteiger charge is -2.16. The third-order valence-electron chi connectivity index (χ3n) is 24.3. The molecular weight excluding hydrogens is 1700 g/mol. The molecule has 5 aliphatic heterocycles. The van der Waals surface area contributed by atoms with Crippen LogP contribution in [0.25, 0.3) is 77.5 Å². The molecule has 0 aliphatic carbocycles. The van der Waals surface area contributed by atoms with E-state index in [1.807, 2.05) is 226 Å². The van der Waals surface area contributed by atoms with Gasteiger partial charge in [-0.05, 0) is 183 Å². The smallest absolute Gasteiger partial charge is 0.273 e. The van der Waals surface area contributed by atoms with Crippen molar-refractivity contribution in [1.29, 1.82) is 0 Å². The molecule has 3 amide bonds. The molecule has 0 saturated heterocycles. The fourth-order valence-electron chi connectivity index (χ4n) is 17.3. The van der Waals surface area contributed by atoms with Gasteiger partial charge in [-0.15, -0.1) is 0 Å². The molecular formula is C106H88F2N14O8S2. The first-order valence-corrected chi connectivity index (χ1v) is 46.0. The first kappa shape index (κ1) is 86.1. The van der Waals surface area contributed by atoms with Crippen LogP contribution in [0.3, 0.4) is 0 Å². The Morgan fingerprint density at radius 2 is 0.871 bits per heavy atom. The highest BCUT2D eigenvalue weighted by atomic mass is 32.2. The van der Waals surface area contributed by atoms with Gasteiger partial charge in [-0.3, -0.25) is 38.7 Å². The van der Waals surface area contributed by atoms with Crippen molar-refractivity contribution >= 4 is 70.5 Å². The third-order valence-corrected chi connectivity index (χ3v) is 28.1. The standard InChI is InChI=1S/C23H18FN3O.C22H17FN4O.C22H18N4O.C21H19NO2S.C18H16N2O3S/c1-26-10-8-17-11-15(6-7-21(17)26)16-4-5-18(20(24)12-16)13-27-14-19-3-2-9-25-22(19)23(27)28;1-26-20-10-15(4-6-16(20)11-25-26)14-5-7-17(19(23)9-14)12-27-13-18-3-2-8-24-21(18)22(27)28;1-25-13-18-11-17(8-9-20(18)24-25)16-6-4-15(5-7-16)12-26-14-21-19(22(26)27)3-2-10-23-21;23-25(24)21-9-5-4-8-20(21)16-22(25)15-19-12-10-18(11-13-19)14-17-6-2-1-3-7-17;1-13-10-19-18(23-13)15-8-6-14(7-9-15)11-20-12-16-4-2-3-5-17(16)24(20,21)22/h2-12H,13-14H2,1H3;2-11H,12-13H2,1H3;2-11,13H,12,14H2,1H3;1-13H,14-16H2;2-10H,11-12H2,1H3. The van der Waals surface area contributed by atoms with Gasteiger partial charge in [0.05, 0.1) is 51.0 Å². The Balaban J connectivity index is 0.000000107. The number of halogens is 2. The maximum Gasteiger partial charge on any atom is 0.273 e. The predicted molar refractivity (Wildman–Crippen MR) is 502 cm³/mol. The zero-order chi connectivity index (χ0) is 90.9. The SMILES string of the molecule is Cc1cnc(-c2ccc(CN3Cc4ccccc4S3(=O)=O)cc2)o1.Cn1cc2cc(-c3ccc(CN4Cc5ncccc5C4=O)cc3)ccc2n1.Cn1ccc2cc(-c3ccc(CN4Cc5cccnc5C4=O)c(F)c3)ccc21.Cn1ncc2ccc(-c3ccc(CN4Cc5cccnc5C4=O)c(F)c3)cc21.O=S1(=O)c2ccccc2CN1Cc1ccc(Cc2ccccc2)cc1. The number of benzene rings is 11. The van der Waals surface area contributed by atoms with Gasteiger partial charge in [0.25, 0.3) is 17.7 Å². The number of nitrogens with zero attached hydrogens (tertiary/aromatic N) is 14. The molecule has 5 aliphatic rings. The lowest BCUT2D eigenvalue weighted by Crippen LogP contribution is -2.24. The minimum atomic E-state index is -3.40. The summed E-state index contributed by atoms with van der Waals surface area (Å²) in [5.41, 5.74) is 22.4. The summed E-state index contributed by atoms with van der Waals surface area (Å²) in [5, 5.41) is 12.0. The molecule has 26 heteroatoms. The number of hydrogen-bond acceptors (Lipinski definition) is 14. The van der Waals surface area contributed by atoms with E-state index in [1.54, 1.807) is 86.0 Å². The number of oxazole rings is 1. The molecule has 0 bridgehead atoms. The van der Waals surface area contributed by atoms with Gasteiger partial charge in [0.2, 0.25) is 25.9 Å². The van der Waals surface area contributed by atoms with E-state index in [1.165, 1.54) is 21.5 Å². The van der Waals surface area contributed by atoms with Gasteiger partial charge in [-0.2, -0.15) is 18.8 Å². The second-order valence-electron chi connectivity index (χ2n) is 33.3. The molecule has 22 nitrogen and oxygen atoms in total. The van der Waals surface area contributed by atoms with Gasteiger partial charge in [0, 0.05) is 161 Å². The van der Waals surface area contributed by atoms with Gasteiger partial charge in [-0.25, -0.2) is 30.6 Å². The van der Waals surface area contributed by atoms with E-state index in [0.29, 0.717) is 90.6 Å². The zero-order valence-electron chi connectivity index (χ0n) is 72.6. The Morgan fingerprint density at radius 3 is 1.45 bits per heavy atom. The van der Waals surface area contributed by atoms with Crippen LogP contribution in [0.15, 0.2) is 343 Å². The van der Waals surface area contributed by atoms with Crippen molar-refractivity contribution in [2.45, 2.75) is 88.6 Å².